The van der Waals surface area contributed by atoms with Gasteiger partial charge in [-0.2, -0.15) is 5.10 Å². The largest absolute Gasteiger partial charge is 0.492 e. The number of aromatic amines is 2. The SMILES string of the molecule is CN(C)CCOc1cc(F)cc(-c2cncc3[nH]c(-c4n[nH]c5cnc(-c6cncc(OCCN7CCCC7)c6)cc45)cc23)c1. The highest BCUT2D eigenvalue weighted by Crippen LogP contribution is 2.36. The number of likely N-dealkylation sites (tertiary alicyclic amines) is 1. The van der Waals surface area contributed by atoms with Crippen LogP contribution in [-0.4, -0.2) is 93.4 Å². The summed E-state index contributed by atoms with van der Waals surface area (Å²) in [5, 5.41) is 9.53. The Morgan fingerprint density at radius 2 is 1.64 bits per heavy atom. The lowest BCUT2D eigenvalue weighted by Crippen LogP contribution is -2.25. The Bertz CT molecular complexity index is 1950. The molecule has 0 bridgehead atoms. The molecule has 0 radical (unpaired) electrons. The number of H-pyrrole nitrogens is 2. The first kappa shape index (κ1) is 28.9. The van der Waals surface area contributed by atoms with Crippen molar-refractivity contribution < 1.29 is 13.9 Å². The number of likely N-dealkylation sites (N-methyl/N-ethyl adjacent to an activating group) is 1. The van der Waals surface area contributed by atoms with E-state index in [9.17, 15) is 4.39 Å². The number of hydrogen-bond acceptors (Lipinski definition) is 8. The number of aromatic nitrogens is 6. The first-order valence-corrected chi connectivity index (χ1v) is 15.2. The second-order valence-corrected chi connectivity index (χ2v) is 11.7. The first-order chi connectivity index (χ1) is 22.0. The van der Waals surface area contributed by atoms with Crippen molar-refractivity contribution in [3.8, 4) is 45.3 Å². The molecule has 6 aromatic rings. The quantitative estimate of drug-likeness (QED) is 0.191. The summed E-state index contributed by atoms with van der Waals surface area (Å²) in [5.74, 6) is 0.836. The topological polar surface area (TPSA) is 108 Å². The predicted octanol–water partition coefficient (Wildman–Crippen LogP) is 5.78. The molecule has 1 aromatic carbocycles. The van der Waals surface area contributed by atoms with Crippen LogP contribution >= 0.6 is 0 Å². The lowest BCUT2D eigenvalue weighted by Gasteiger charge is -2.15. The van der Waals surface area contributed by atoms with Gasteiger partial charge in [0.15, 0.2) is 0 Å². The minimum atomic E-state index is -0.367. The van der Waals surface area contributed by atoms with E-state index in [2.05, 4.69) is 35.0 Å². The van der Waals surface area contributed by atoms with Gasteiger partial charge in [0.25, 0.3) is 0 Å². The van der Waals surface area contributed by atoms with Gasteiger partial charge in [0.1, 0.15) is 36.2 Å². The molecule has 45 heavy (non-hydrogen) atoms. The number of hydrogen-bond donors (Lipinski definition) is 2. The summed E-state index contributed by atoms with van der Waals surface area (Å²) in [7, 11) is 3.94. The van der Waals surface area contributed by atoms with Crippen LogP contribution in [0.3, 0.4) is 0 Å². The first-order valence-electron chi connectivity index (χ1n) is 15.2. The van der Waals surface area contributed by atoms with Gasteiger partial charge in [0.05, 0.1) is 41.0 Å². The Labute approximate surface area is 260 Å². The predicted molar refractivity (Wildman–Crippen MR) is 173 cm³/mol. The van der Waals surface area contributed by atoms with Gasteiger partial charge in [-0.1, -0.05) is 0 Å². The van der Waals surface area contributed by atoms with Gasteiger partial charge in [-0.25, -0.2) is 4.39 Å². The number of halogens is 1. The Morgan fingerprint density at radius 1 is 0.822 bits per heavy atom. The third-order valence-electron chi connectivity index (χ3n) is 8.12. The van der Waals surface area contributed by atoms with Crippen molar-refractivity contribution in [3.63, 3.8) is 0 Å². The fourth-order valence-electron chi connectivity index (χ4n) is 5.77. The molecule has 1 aliphatic heterocycles. The van der Waals surface area contributed by atoms with Gasteiger partial charge in [-0.05, 0) is 75.9 Å². The van der Waals surface area contributed by atoms with E-state index in [0.29, 0.717) is 24.5 Å². The zero-order chi connectivity index (χ0) is 30.8. The molecule has 1 fully saturated rings. The second kappa shape index (κ2) is 12.6. The summed E-state index contributed by atoms with van der Waals surface area (Å²) >= 11 is 0. The molecular weight excluding hydrogens is 571 g/mol. The number of fused-ring (bicyclic) bond motifs is 2. The van der Waals surface area contributed by atoms with Crippen molar-refractivity contribution in [2.45, 2.75) is 12.8 Å². The van der Waals surface area contributed by atoms with Crippen molar-refractivity contribution in [3.05, 3.63) is 73.2 Å². The maximum absolute atomic E-state index is 14.7. The van der Waals surface area contributed by atoms with E-state index in [0.717, 1.165) is 81.9 Å². The van der Waals surface area contributed by atoms with Crippen LogP contribution in [-0.2, 0) is 0 Å². The average molecular weight is 607 g/mol. The van der Waals surface area contributed by atoms with Crippen LogP contribution in [0.1, 0.15) is 12.8 Å². The minimum absolute atomic E-state index is 0.367. The normalized spacial score (nSPS) is 13.8. The molecule has 5 aromatic heterocycles. The number of benzene rings is 1. The standard InChI is InChI=1S/C34H35FN8O2/c1-42(2)7-9-44-25-12-22(11-24(35)14-25)29-19-37-20-32-27(29)15-31(39-32)34-28-16-30(38-21-33(28)40-41-34)23-13-26(18-36-17-23)45-10-8-43-5-3-4-6-43/h11-21,39H,3-10H2,1-2H3,(H,40,41). The zero-order valence-corrected chi connectivity index (χ0v) is 25.4. The van der Waals surface area contributed by atoms with E-state index < -0.39 is 0 Å². The molecule has 2 N–H and O–H groups in total. The Kier molecular flexibility index (Phi) is 8.10. The molecule has 0 amide bonds. The molecule has 230 valence electrons. The number of rotatable bonds is 11. The molecule has 0 spiro atoms. The van der Waals surface area contributed by atoms with E-state index in [1.807, 2.05) is 43.3 Å². The van der Waals surface area contributed by atoms with E-state index in [1.54, 1.807) is 31.0 Å². The maximum Gasteiger partial charge on any atom is 0.138 e. The summed E-state index contributed by atoms with van der Waals surface area (Å²) < 4.78 is 26.5. The molecule has 7 rings (SSSR count). The Hall–Kier alpha value is -4.87. The minimum Gasteiger partial charge on any atom is -0.492 e. The summed E-state index contributed by atoms with van der Waals surface area (Å²) in [5.41, 5.74) is 6.28. The van der Waals surface area contributed by atoms with Crippen LogP contribution in [0.25, 0.3) is 55.6 Å². The highest BCUT2D eigenvalue weighted by Gasteiger charge is 2.17. The maximum atomic E-state index is 14.7. The molecule has 11 heteroatoms. The van der Waals surface area contributed by atoms with Crippen molar-refractivity contribution in [1.29, 1.82) is 0 Å². The van der Waals surface area contributed by atoms with Crippen LogP contribution in [0.15, 0.2) is 67.4 Å². The third kappa shape index (κ3) is 6.36. The van der Waals surface area contributed by atoms with Gasteiger partial charge >= 0.3 is 0 Å². The highest BCUT2D eigenvalue weighted by atomic mass is 19.1. The van der Waals surface area contributed by atoms with Crippen LogP contribution in [0.5, 0.6) is 11.5 Å². The van der Waals surface area contributed by atoms with Crippen LogP contribution < -0.4 is 9.47 Å². The number of nitrogens with zero attached hydrogens (tertiary/aromatic N) is 6. The molecule has 1 aliphatic rings. The fourth-order valence-corrected chi connectivity index (χ4v) is 5.77. The molecule has 1 saturated heterocycles. The van der Waals surface area contributed by atoms with E-state index in [4.69, 9.17) is 9.47 Å². The van der Waals surface area contributed by atoms with E-state index in [-0.39, 0.29) is 5.82 Å². The third-order valence-corrected chi connectivity index (χ3v) is 8.12. The Morgan fingerprint density at radius 3 is 2.51 bits per heavy atom. The molecule has 0 saturated carbocycles. The lowest BCUT2D eigenvalue weighted by atomic mass is 10.0. The monoisotopic (exact) mass is 606 g/mol. The molecule has 10 nitrogen and oxygen atoms in total. The number of ether oxygens (including phenoxy) is 2. The molecule has 0 unspecified atom stereocenters. The summed E-state index contributed by atoms with van der Waals surface area (Å²) in [6, 6.07) is 10.8. The molecule has 0 atom stereocenters. The molecule has 6 heterocycles. The van der Waals surface area contributed by atoms with E-state index in [1.165, 1.54) is 25.0 Å². The van der Waals surface area contributed by atoms with Gasteiger partial charge in [0, 0.05) is 53.4 Å². The van der Waals surface area contributed by atoms with Gasteiger partial charge in [-0.3, -0.25) is 25.0 Å². The molecule has 0 aliphatic carbocycles. The van der Waals surface area contributed by atoms with Crippen LogP contribution in [0.2, 0.25) is 0 Å². The summed E-state index contributed by atoms with van der Waals surface area (Å²) in [6.45, 7) is 5.02. The molecular formula is C34H35FN8O2. The fraction of sp³-hybridized carbons (Fsp3) is 0.294. The lowest BCUT2D eigenvalue weighted by molar-refractivity contribution is 0.237. The van der Waals surface area contributed by atoms with Crippen LogP contribution in [0.4, 0.5) is 4.39 Å². The summed E-state index contributed by atoms with van der Waals surface area (Å²) in [4.78, 5) is 21.4. The van der Waals surface area contributed by atoms with Crippen LogP contribution in [0, 0.1) is 5.82 Å². The van der Waals surface area contributed by atoms with Gasteiger partial charge in [-0.15, -0.1) is 0 Å². The van der Waals surface area contributed by atoms with Crippen molar-refractivity contribution in [2.75, 3.05) is 53.5 Å². The second-order valence-electron chi connectivity index (χ2n) is 11.7. The van der Waals surface area contributed by atoms with Crippen molar-refractivity contribution in [1.82, 2.24) is 39.9 Å². The number of pyridine rings is 3. The summed E-state index contributed by atoms with van der Waals surface area (Å²) in [6.07, 6.45) is 11.3. The zero-order valence-electron chi connectivity index (χ0n) is 25.4. The smallest absolute Gasteiger partial charge is 0.138 e. The average Bonchev–Trinajstić information content (AvgIpc) is 3.80. The van der Waals surface area contributed by atoms with Gasteiger partial charge in [0.2, 0.25) is 0 Å². The van der Waals surface area contributed by atoms with Gasteiger partial charge < -0.3 is 19.4 Å². The van der Waals surface area contributed by atoms with Crippen molar-refractivity contribution in [2.24, 2.45) is 0 Å². The highest BCUT2D eigenvalue weighted by molar-refractivity contribution is 6.01. The van der Waals surface area contributed by atoms with E-state index >= 15 is 0 Å². The number of nitrogens with one attached hydrogen (secondary N) is 2. The van der Waals surface area contributed by atoms with Crippen molar-refractivity contribution >= 4 is 21.8 Å². The Balaban J connectivity index is 1.17.